The van der Waals surface area contributed by atoms with Crippen molar-refractivity contribution in [3.63, 3.8) is 0 Å². The van der Waals surface area contributed by atoms with Crippen molar-refractivity contribution in [2.75, 3.05) is 20.2 Å². The fraction of sp³-hybridized carbons (Fsp3) is 0.588. The molecule has 0 aliphatic carbocycles. The normalized spacial score (nSPS) is 12.2. The Morgan fingerprint density at radius 3 is 2.57 bits per heavy atom. The van der Waals surface area contributed by atoms with Crippen LogP contribution in [-0.4, -0.2) is 39.5 Å². The lowest BCUT2D eigenvalue weighted by molar-refractivity contribution is 0.145. The van der Waals surface area contributed by atoms with Gasteiger partial charge < -0.3 is 9.64 Å². The third kappa shape index (κ3) is 7.59. The number of hydrogen-bond acceptors (Lipinski definition) is 2. The van der Waals surface area contributed by atoms with Crippen LogP contribution in [0.2, 0.25) is 25.7 Å². The quantitative estimate of drug-likeness (QED) is 0.262. The van der Waals surface area contributed by atoms with E-state index in [4.69, 9.17) is 4.74 Å². The minimum atomic E-state index is -2.57. The predicted molar refractivity (Wildman–Crippen MR) is 96.1 cm³/mol. The molecule has 0 unspecified atom stereocenters. The molecule has 0 saturated carbocycles. The van der Waals surface area contributed by atoms with E-state index in [2.05, 4.69) is 24.6 Å². The van der Waals surface area contributed by atoms with E-state index in [0.717, 1.165) is 19.0 Å². The zero-order valence-electron chi connectivity index (χ0n) is 14.8. The molecule has 0 aromatic heterocycles. The zero-order chi connectivity index (χ0) is 17.5. The summed E-state index contributed by atoms with van der Waals surface area (Å²) in [5.41, 5.74) is 0.418. The summed E-state index contributed by atoms with van der Waals surface area (Å²) >= 11 is 0. The molecule has 0 fully saturated rings. The molecule has 6 heteroatoms. The first-order valence-electron chi connectivity index (χ1n) is 8.02. The molecule has 0 aliphatic heterocycles. The SMILES string of the molecule is CCN(C)C=Nc1ccc(OCCC[Si](C)(C)C)c(C(F)F)c1. The summed E-state index contributed by atoms with van der Waals surface area (Å²) in [5.74, 6) is 0.262. The summed E-state index contributed by atoms with van der Waals surface area (Å²) in [5, 5.41) is 0. The first kappa shape index (κ1) is 19.6. The topological polar surface area (TPSA) is 24.8 Å². The highest BCUT2D eigenvalue weighted by atomic mass is 28.3. The van der Waals surface area contributed by atoms with Gasteiger partial charge in [-0.3, -0.25) is 0 Å². The average molecular weight is 343 g/mol. The van der Waals surface area contributed by atoms with Crippen LogP contribution in [0.4, 0.5) is 14.5 Å². The van der Waals surface area contributed by atoms with Gasteiger partial charge in [0.25, 0.3) is 6.43 Å². The number of aliphatic imine (C=N–C) groups is 1. The highest BCUT2D eigenvalue weighted by molar-refractivity contribution is 6.76. The largest absolute Gasteiger partial charge is 0.493 e. The van der Waals surface area contributed by atoms with Gasteiger partial charge in [0.05, 0.1) is 24.2 Å². The highest BCUT2D eigenvalue weighted by Crippen LogP contribution is 2.32. The standard InChI is InChI=1S/C17H28F2N2OSi/c1-6-21(2)13-20-14-8-9-16(15(12-14)17(18)19)22-10-7-11-23(3,4)5/h8-9,12-13,17H,6-7,10-11H2,1-5H3. The van der Waals surface area contributed by atoms with Crippen molar-refractivity contribution in [3.05, 3.63) is 23.8 Å². The molecule has 3 nitrogen and oxygen atoms in total. The van der Waals surface area contributed by atoms with Gasteiger partial charge in [0.2, 0.25) is 0 Å². The fourth-order valence-electron chi connectivity index (χ4n) is 1.95. The molecular formula is C17H28F2N2OSi. The second kappa shape index (κ2) is 9.01. The molecule has 0 aliphatic rings. The highest BCUT2D eigenvalue weighted by Gasteiger charge is 2.16. The first-order valence-corrected chi connectivity index (χ1v) is 11.7. The van der Waals surface area contributed by atoms with Gasteiger partial charge in [0.1, 0.15) is 5.75 Å². The summed E-state index contributed by atoms with van der Waals surface area (Å²) in [6.07, 6.45) is -0.0281. The molecule has 23 heavy (non-hydrogen) atoms. The lowest BCUT2D eigenvalue weighted by Gasteiger charge is -2.16. The monoisotopic (exact) mass is 342 g/mol. The average Bonchev–Trinajstić information content (AvgIpc) is 2.48. The second-order valence-electron chi connectivity index (χ2n) is 6.85. The van der Waals surface area contributed by atoms with Gasteiger partial charge in [-0.1, -0.05) is 25.7 Å². The minimum absolute atomic E-state index is 0.0909. The number of hydrogen-bond donors (Lipinski definition) is 0. The van der Waals surface area contributed by atoms with Crippen LogP contribution in [0.5, 0.6) is 5.75 Å². The van der Waals surface area contributed by atoms with E-state index in [1.165, 1.54) is 6.07 Å². The van der Waals surface area contributed by atoms with E-state index in [9.17, 15) is 8.78 Å². The fourth-order valence-corrected chi connectivity index (χ4v) is 3.15. The molecular weight excluding hydrogens is 314 g/mol. The Balaban J connectivity index is 2.74. The molecule has 0 saturated heterocycles. The van der Waals surface area contributed by atoms with Crippen LogP contribution in [0.15, 0.2) is 23.2 Å². The van der Waals surface area contributed by atoms with Crippen LogP contribution in [0.1, 0.15) is 25.3 Å². The van der Waals surface area contributed by atoms with Gasteiger partial charge in [-0.05, 0) is 31.5 Å². The Hall–Kier alpha value is -1.43. The predicted octanol–water partition coefficient (Wildman–Crippen LogP) is 5.34. The molecule has 1 aromatic rings. The lowest BCUT2D eigenvalue weighted by Crippen LogP contribution is -2.20. The number of benzene rings is 1. The van der Waals surface area contributed by atoms with E-state index in [1.807, 2.05) is 18.9 Å². The van der Waals surface area contributed by atoms with Crippen LogP contribution in [-0.2, 0) is 0 Å². The lowest BCUT2D eigenvalue weighted by atomic mass is 10.2. The van der Waals surface area contributed by atoms with E-state index < -0.39 is 14.5 Å². The van der Waals surface area contributed by atoms with Crippen molar-refractivity contribution in [2.24, 2.45) is 4.99 Å². The van der Waals surface area contributed by atoms with Crippen molar-refractivity contribution in [1.82, 2.24) is 4.90 Å². The molecule has 0 heterocycles. The number of nitrogens with zero attached hydrogens (tertiary/aromatic N) is 2. The second-order valence-corrected chi connectivity index (χ2v) is 12.5. The molecule has 130 valence electrons. The number of alkyl halides is 2. The van der Waals surface area contributed by atoms with Crippen molar-refractivity contribution in [3.8, 4) is 5.75 Å². The summed E-state index contributed by atoms with van der Waals surface area (Å²) in [6.45, 7) is 10.1. The van der Waals surface area contributed by atoms with Crippen molar-refractivity contribution >= 4 is 20.1 Å². The zero-order valence-corrected chi connectivity index (χ0v) is 15.8. The van der Waals surface area contributed by atoms with Crippen molar-refractivity contribution < 1.29 is 13.5 Å². The molecule has 1 aromatic carbocycles. The van der Waals surface area contributed by atoms with Gasteiger partial charge in [-0.2, -0.15) is 0 Å². The van der Waals surface area contributed by atoms with Gasteiger partial charge >= 0.3 is 0 Å². The van der Waals surface area contributed by atoms with Gasteiger partial charge in [0.15, 0.2) is 0 Å². The van der Waals surface area contributed by atoms with E-state index in [-0.39, 0.29) is 11.3 Å². The van der Waals surface area contributed by atoms with E-state index >= 15 is 0 Å². The maximum absolute atomic E-state index is 13.2. The van der Waals surface area contributed by atoms with Gasteiger partial charge in [-0.15, -0.1) is 0 Å². The summed E-state index contributed by atoms with van der Waals surface area (Å²) in [6, 6.07) is 5.83. The summed E-state index contributed by atoms with van der Waals surface area (Å²) in [4.78, 5) is 6.09. The molecule has 0 radical (unpaired) electrons. The Labute approximate surface area is 139 Å². The Morgan fingerprint density at radius 2 is 2.00 bits per heavy atom. The van der Waals surface area contributed by atoms with Crippen LogP contribution in [0, 0.1) is 0 Å². The van der Waals surface area contributed by atoms with Crippen LogP contribution < -0.4 is 4.74 Å². The molecule has 1 rings (SSSR count). The minimum Gasteiger partial charge on any atom is -0.493 e. The molecule has 0 amide bonds. The van der Waals surface area contributed by atoms with Crippen LogP contribution in [0.3, 0.4) is 0 Å². The third-order valence-electron chi connectivity index (χ3n) is 3.46. The maximum Gasteiger partial charge on any atom is 0.267 e. The summed E-state index contributed by atoms with van der Waals surface area (Å²) in [7, 11) is 0.766. The first-order chi connectivity index (χ1) is 10.7. The Morgan fingerprint density at radius 1 is 1.30 bits per heavy atom. The summed E-state index contributed by atoms with van der Waals surface area (Å²) < 4.78 is 32.0. The number of rotatable bonds is 9. The van der Waals surface area contributed by atoms with Gasteiger partial charge in [-0.25, -0.2) is 13.8 Å². The maximum atomic E-state index is 13.2. The van der Waals surface area contributed by atoms with Crippen LogP contribution in [0.25, 0.3) is 0 Å². The smallest absolute Gasteiger partial charge is 0.267 e. The van der Waals surface area contributed by atoms with E-state index in [1.54, 1.807) is 18.5 Å². The Bertz CT molecular complexity index is 516. The van der Waals surface area contributed by atoms with Crippen molar-refractivity contribution in [2.45, 2.75) is 45.5 Å². The van der Waals surface area contributed by atoms with Crippen molar-refractivity contribution in [1.29, 1.82) is 0 Å². The number of ether oxygens (including phenoxy) is 1. The van der Waals surface area contributed by atoms with Crippen LogP contribution >= 0.6 is 0 Å². The van der Waals surface area contributed by atoms with Gasteiger partial charge in [0, 0.05) is 21.7 Å². The molecule has 0 spiro atoms. The molecule has 0 atom stereocenters. The Kier molecular flexibility index (Phi) is 7.68. The molecule has 0 N–H and O–H groups in total. The number of halogens is 2. The molecule has 0 bridgehead atoms. The van der Waals surface area contributed by atoms with E-state index in [0.29, 0.717) is 12.3 Å². The third-order valence-corrected chi connectivity index (χ3v) is 5.31.